The van der Waals surface area contributed by atoms with Crippen LogP contribution < -0.4 is 9.47 Å². The fourth-order valence-corrected chi connectivity index (χ4v) is 2.10. The highest BCUT2D eigenvalue weighted by atomic mass is 16.5. The minimum atomic E-state index is -0.0210. The second-order valence-electron chi connectivity index (χ2n) is 4.38. The van der Waals surface area contributed by atoms with Gasteiger partial charge in [-0.15, -0.1) is 0 Å². The molecule has 0 aliphatic carbocycles. The molecule has 0 saturated heterocycles. The van der Waals surface area contributed by atoms with Crippen molar-refractivity contribution in [1.29, 1.82) is 0 Å². The topological polar surface area (TPSA) is 42.0 Å². The summed E-state index contributed by atoms with van der Waals surface area (Å²) >= 11 is 0. The molecule has 2 amide bonds. The van der Waals surface area contributed by atoms with Gasteiger partial charge in [0.1, 0.15) is 0 Å². The monoisotopic (exact) mass is 262 g/mol. The number of carbonyl (C=O) groups is 1. The first kappa shape index (κ1) is 13.3. The number of hydrogen-bond acceptors (Lipinski definition) is 3. The summed E-state index contributed by atoms with van der Waals surface area (Å²) in [6.45, 7) is 0.604. The maximum Gasteiger partial charge on any atom is 0.324 e. The molecule has 1 aliphatic heterocycles. The third-order valence-corrected chi connectivity index (χ3v) is 3.21. The Labute approximate surface area is 113 Å². The van der Waals surface area contributed by atoms with E-state index < -0.39 is 0 Å². The number of methoxy groups -OCH3 is 2. The number of benzene rings is 1. The Morgan fingerprint density at radius 2 is 1.79 bits per heavy atom. The fourth-order valence-electron chi connectivity index (χ4n) is 2.10. The minimum Gasteiger partial charge on any atom is -0.493 e. The average molecular weight is 262 g/mol. The van der Waals surface area contributed by atoms with E-state index in [1.165, 1.54) is 0 Å². The Kier molecular flexibility index (Phi) is 3.64. The largest absolute Gasteiger partial charge is 0.493 e. The predicted molar refractivity (Wildman–Crippen MR) is 73.3 cm³/mol. The van der Waals surface area contributed by atoms with E-state index >= 15 is 0 Å². The van der Waals surface area contributed by atoms with Crippen LogP contribution in [-0.2, 0) is 0 Å². The number of nitrogens with zero attached hydrogens (tertiary/aromatic N) is 2. The lowest BCUT2D eigenvalue weighted by atomic mass is 10.1. The van der Waals surface area contributed by atoms with Gasteiger partial charge in [-0.25, -0.2) is 4.79 Å². The van der Waals surface area contributed by atoms with Crippen LogP contribution in [0.1, 0.15) is 5.56 Å². The molecule has 2 rings (SSSR count). The van der Waals surface area contributed by atoms with Gasteiger partial charge >= 0.3 is 6.03 Å². The molecule has 0 fully saturated rings. The lowest BCUT2D eigenvalue weighted by molar-refractivity contribution is 0.190. The summed E-state index contributed by atoms with van der Waals surface area (Å²) < 4.78 is 10.5. The number of hydrogen-bond donors (Lipinski definition) is 0. The van der Waals surface area contributed by atoms with Gasteiger partial charge in [-0.1, -0.05) is 0 Å². The first-order valence-corrected chi connectivity index (χ1v) is 6.00. The van der Waals surface area contributed by atoms with Crippen molar-refractivity contribution in [2.75, 3.05) is 34.9 Å². The molecule has 0 bridgehead atoms. The van der Waals surface area contributed by atoms with Crippen molar-refractivity contribution >= 4 is 11.7 Å². The minimum absolute atomic E-state index is 0.0210. The van der Waals surface area contributed by atoms with Crippen LogP contribution in [0.3, 0.4) is 0 Å². The average Bonchev–Trinajstić information content (AvgIpc) is 2.44. The van der Waals surface area contributed by atoms with E-state index in [2.05, 4.69) is 0 Å². The number of amides is 2. The highest BCUT2D eigenvalue weighted by Gasteiger charge is 2.23. The van der Waals surface area contributed by atoms with E-state index in [9.17, 15) is 4.79 Å². The Morgan fingerprint density at radius 1 is 1.11 bits per heavy atom. The first-order chi connectivity index (χ1) is 9.08. The summed E-state index contributed by atoms with van der Waals surface area (Å²) in [5.74, 6) is 1.33. The molecule has 5 nitrogen and oxygen atoms in total. The smallest absolute Gasteiger partial charge is 0.324 e. The van der Waals surface area contributed by atoms with E-state index in [1.54, 1.807) is 38.1 Å². The van der Waals surface area contributed by atoms with Gasteiger partial charge in [-0.2, -0.15) is 0 Å². The molecular weight excluding hydrogens is 244 g/mol. The Balaban J connectivity index is 2.39. The van der Waals surface area contributed by atoms with Crippen LogP contribution in [0.2, 0.25) is 0 Å². The highest BCUT2D eigenvalue weighted by Crippen LogP contribution is 2.32. The Bertz CT molecular complexity index is 525. The number of ether oxygens (including phenoxy) is 2. The molecular formula is C14H18N2O3. The van der Waals surface area contributed by atoms with Gasteiger partial charge in [0.15, 0.2) is 11.5 Å². The third-order valence-electron chi connectivity index (χ3n) is 3.21. The summed E-state index contributed by atoms with van der Waals surface area (Å²) in [5, 5.41) is 0. The molecule has 102 valence electrons. The second kappa shape index (κ2) is 5.22. The molecule has 1 aromatic carbocycles. The molecule has 1 aliphatic rings. The van der Waals surface area contributed by atoms with Crippen molar-refractivity contribution in [3.05, 3.63) is 29.8 Å². The zero-order valence-electron chi connectivity index (χ0n) is 11.6. The summed E-state index contributed by atoms with van der Waals surface area (Å²) in [6.07, 6.45) is 2.02. The summed E-state index contributed by atoms with van der Waals surface area (Å²) in [5.41, 5.74) is 1.81. The van der Waals surface area contributed by atoms with Gasteiger partial charge in [0.05, 0.1) is 19.9 Å². The lowest BCUT2D eigenvalue weighted by Gasteiger charge is -2.31. The van der Waals surface area contributed by atoms with Gasteiger partial charge in [0.2, 0.25) is 0 Å². The van der Waals surface area contributed by atoms with Crippen LogP contribution in [0.15, 0.2) is 24.3 Å². The molecule has 5 heteroatoms. The summed E-state index contributed by atoms with van der Waals surface area (Å²) in [4.78, 5) is 15.2. The summed E-state index contributed by atoms with van der Waals surface area (Å²) in [6, 6.07) is 5.61. The van der Waals surface area contributed by atoms with Crippen molar-refractivity contribution < 1.29 is 14.3 Å². The number of likely N-dealkylation sites (N-methyl/N-ethyl adjacent to an activating group) is 1. The van der Waals surface area contributed by atoms with Crippen molar-refractivity contribution in [2.45, 2.75) is 0 Å². The fraction of sp³-hybridized carbons (Fsp3) is 0.357. The van der Waals surface area contributed by atoms with Gasteiger partial charge < -0.3 is 14.4 Å². The molecule has 1 aromatic rings. The van der Waals surface area contributed by atoms with Gasteiger partial charge in [0.25, 0.3) is 0 Å². The zero-order chi connectivity index (χ0) is 14.0. The van der Waals surface area contributed by atoms with Crippen LogP contribution in [0, 0.1) is 0 Å². The van der Waals surface area contributed by atoms with Gasteiger partial charge in [-0.3, -0.25) is 4.90 Å². The van der Waals surface area contributed by atoms with Crippen LogP contribution in [0.25, 0.3) is 5.70 Å². The molecule has 0 spiro atoms. The van der Waals surface area contributed by atoms with E-state index in [1.807, 2.05) is 24.3 Å². The van der Waals surface area contributed by atoms with Crippen molar-refractivity contribution in [3.63, 3.8) is 0 Å². The maximum absolute atomic E-state index is 11.9. The zero-order valence-corrected chi connectivity index (χ0v) is 11.6. The molecule has 19 heavy (non-hydrogen) atoms. The summed E-state index contributed by atoms with van der Waals surface area (Å²) in [7, 11) is 6.74. The molecule has 0 atom stereocenters. The predicted octanol–water partition coefficient (Wildman–Crippen LogP) is 2.04. The number of carbonyl (C=O) groups excluding carboxylic acids is 1. The quantitative estimate of drug-likeness (QED) is 0.837. The third kappa shape index (κ3) is 2.36. The molecule has 0 radical (unpaired) electrons. The normalized spacial score (nSPS) is 15.4. The molecule has 1 heterocycles. The highest BCUT2D eigenvalue weighted by molar-refractivity contribution is 5.87. The molecule has 0 aromatic heterocycles. The van der Waals surface area contributed by atoms with Crippen molar-refractivity contribution in [1.82, 2.24) is 9.80 Å². The van der Waals surface area contributed by atoms with Crippen LogP contribution in [0.4, 0.5) is 4.79 Å². The maximum atomic E-state index is 11.9. The van der Waals surface area contributed by atoms with E-state index in [0.717, 1.165) is 11.3 Å². The molecule has 0 N–H and O–H groups in total. The van der Waals surface area contributed by atoms with Gasteiger partial charge in [-0.05, 0) is 24.3 Å². The Morgan fingerprint density at radius 3 is 2.42 bits per heavy atom. The number of urea groups is 1. The van der Waals surface area contributed by atoms with Crippen LogP contribution in [0.5, 0.6) is 11.5 Å². The van der Waals surface area contributed by atoms with Crippen molar-refractivity contribution in [2.24, 2.45) is 0 Å². The number of rotatable bonds is 3. The lowest BCUT2D eigenvalue weighted by Crippen LogP contribution is -2.41. The molecule has 0 unspecified atom stereocenters. The Hall–Kier alpha value is -2.17. The first-order valence-electron chi connectivity index (χ1n) is 6.00. The van der Waals surface area contributed by atoms with E-state index in [0.29, 0.717) is 18.0 Å². The van der Waals surface area contributed by atoms with Gasteiger partial charge in [0, 0.05) is 26.2 Å². The second-order valence-corrected chi connectivity index (χ2v) is 4.38. The SMILES string of the molecule is COc1ccc(C2=CCN(C)C(=O)N2C)cc1OC. The molecule has 0 saturated carbocycles. The van der Waals surface area contributed by atoms with Crippen molar-refractivity contribution in [3.8, 4) is 11.5 Å². The van der Waals surface area contributed by atoms with E-state index in [4.69, 9.17) is 9.47 Å². The van der Waals surface area contributed by atoms with Crippen LogP contribution in [-0.4, -0.2) is 50.7 Å². The van der Waals surface area contributed by atoms with E-state index in [-0.39, 0.29) is 6.03 Å². The van der Waals surface area contributed by atoms with Crippen LogP contribution >= 0.6 is 0 Å². The standard InChI is InChI=1S/C14H18N2O3/c1-15-8-7-11(16(2)14(15)17)10-5-6-12(18-3)13(9-10)19-4/h5-7,9H,8H2,1-4H3.